The van der Waals surface area contributed by atoms with E-state index < -0.39 is 6.10 Å². The first-order valence-corrected chi connectivity index (χ1v) is 7.40. The lowest BCUT2D eigenvalue weighted by Crippen LogP contribution is -2.16. The fourth-order valence-corrected chi connectivity index (χ4v) is 2.83. The van der Waals surface area contributed by atoms with Crippen LogP contribution in [0.4, 0.5) is 5.69 Å². The molecule has 2 heterocycles. The third kappa shape index (κ3) is 2.96. The zero-order valence-corrected chi connectivity index (χ0v) is 12.8. The van der Waals surface area contributed by atoms with Crippen molar-refractivity contribution in [1.29, 1.82) is 0 Å². The Bertz CT molecular complexity index is 663. The number of fused-ring (bicyclic) bond motifs is 1. The largest absolute Gasteiger partial charge is 0.486 e. The van der Waals surface area contributed by atoms with Crippen LogP contribution in [0, 0.1) is 0 Å². The number of pyridine rings is 1. The highest BCUT2D eigenvalue weighted by Gasteiger charge is 2.19. The summed E-state index contributed by atoms with van der Waals surface area (Å²) >= 11 is 3.45. The maximum Gasteiger partial charge on any atom is 0.175 e. The molecule has 0 bridgehead atoms. The molecule has 0 saturated heterocycles. The van der Waals surface area contributed by atoms with Crippen molar-refractivity contribution in [3.63, 3.8) is 0 Å². The SMILES string of the molecule is Nc1ccncc1CC(O)c1cc(Br)c2c(c1)OCCO2. The molecule has 0 fully saturated rings. The van der Waals surface area contributed by atoms with Gasteiger partial charge < -0.3 is 20.3 Å². The van der Waals surface area contributed by atoms with Crippen LogP contribution in [-0.4, -0.2) is 23.3 Å². The van der Waals surface area contributed by atoms with Gasteiger partial charge in [0, 0.05) is 24.5 Å². The molecule has 5 nitrogen and oxygen atoms in total. The van der Waals surface area contributed by atoms with Crippen LogP contribution in [0.1, 0.15) is 17.2 Å². The van der Waals surface area contributed by atoms with E-state index in [0.29, 0.717) is 36.8 Å². The highest BCUT2D eigenvalue weighted by Crippen LogP contribution is 2.40. The van der Waals surface area contributed by atoms with Crippen molar-refractivity contribution in [3.8, 4) is 11.5 Å². The molecule has 3 N–H and O–H groups in total. The number of nitrogens with zero attached hydrogens (tertiary/aromatic N) is 1. The molecule has 110 valence electrons. The number of nitrogen functional groups attached to an aromatic ring is 1. The zero-order chi connectivity index (χ0) is 14.8. The maximum atomic E-state index is 10.4. The highest BCUT2D eigenvalue weighted by atomic mass is 79.9. The number of rotatable bonds is 3. The average Bonchev–Trinajstić information content (AvgIpc) is 2.49. The summed E-state index contributed by atoms with van der Waals surface area (Å²) in [6.07, 6.45) is 3.01. The van der Waals surface area contributed by atoms with Crippen molar-refractivity contribution < 1.29 is 14.6 Å². The van der Waals surface area contributed by atoms with Crippen LogP contribution < -0.4 is 15.2 Å². The summed E-state index contributed by atoms with van der Waals surface area (Å²) in [5.41, 5.74) is 8.07. The molecule has 3 rings (SSSR count). The highest BCUT2D eigenvalue weighted by molar-refractivity contribution is 9.10. The Morgan fingerprint density at radius 3 is 2.95 bits per heavy atom. The number of nitrogens with two attached hydrogens (primary N) is 1. The summed E-state index contributed by atoms with van der Waals surface area (Å²) in [5.74, 6) is 1.32. The molecule has 0 radical (unpaired) electrons. The van der Waals surface area contributed by atoms with Gasteiger partial charge >= 0.3 is 0 Å². The van der Waals surface area contributed by atoms with Gasteiger partial charge in [-0.25, -0.2) is 0 Å². The van der Waals surface area contributed by atoms with E-state index in [9.17, 15) is 5.11 Å². The molecule has 6 heteroatoms. The number of hydrogen-bond donors (Lipinski definition) is 2. The lowest BCUT2D eigenvalue weighted by molar-refractivity contribution is 0.163. The first-order valence-electron chi connectivity index (χ1n) is 6.60. The number of aliphatic hydroxyl groups is 1. The predicted octanol–water partition coefficient (Wildman–Crippen LogP) is 2.47. The quantitative estimate of drug-likeness (QED) is 0.888. The molecule has 1 unspecified atom stereocenters. The second-order valence-electron chi connectivity index (χ2n) is 4.82. The van der Waals surface area contributed by atoms with Gasteiger partial charge in [-0.2, -0.15) is 0 Å². The molecule has 1 aromatic carbocycles. The van der Waals surface area contributed by atoms with E-state index in [1.807, 2.05) is 6.07 Å². The molecular formula is C15H15BrN2O3. The summed E-state index contributed by atoms with van der Waals surface area (Å²) in [5, 5.41) is 10.4. The smallest absolute Gasteiger partial charge is 0.175 e. The molecule has 1 atom stereocenters. The van der Waals surface area contributed by atoms with Gasteiger partial charge in [0.2, 0.25) is 0 Å². The van der Waals surface area contributed by atoms with Crippen LogP contribution in [0.25, 0.3) is 0 Å². The van der Waals surface area contributed by atoms with Gasteiger partial charge in [0.05, 0.1) is 10.6 Å². The summed E-state index contributed by atoms with van der Waals surface area (Å²) < 4.78 is 11.9. The van der Waals surface area contributed by atoms with Gasteiger partial charge in [-0.05, 0) is 45.3 Å². The molecule has 0 amide bonds. The Hall–Kier alpha value is -1.79. The minimum absolute atomic E-state index is 0.395. The fourth-order valence-electron chi connectivity index (χ4n) is 2.26. The van der Waals surface area contributed by atoms with E-state index in [4.69, 9.17) is 15.2 Å². The first-order chi connectivity index (χ1) is 10.1. The Morgan fingerprint density at radius 2 is 2.14 bits per heavy atom. The van der Waals surface area contributed by atoms with E-state index >= 15 is 0 Å². The Kier molecular flexibility index (Phi) is 3.98. The van der Waals surface area contributed by atoms with E-state index in [0.717, 1.165) is 15.6 Å². The Labute approximate surface area is 130 Å². The summed E-state index contributed by atoms with van der Waals surface area (Å²) in [6.45, 7) is 1.04. The lowest BCUT2D eigenvalue weighted by Gasteiger charge is -2.22. The van der Waals surface area contributed by atoms with Crippen LogP contribution in [0.3, 0.4) is 0 Å². The molecule has 0 saturated carbocycles. The number of aliphatic hydroxyl groups excluding tert-OH is 1. The van der Waals surface area contributed by atoms with E-state index in [1.165, 1.54) is 0 Å². The number of halogens is 1. The Balaban J connectivity index is 1.86. The molecule has 21 heavy (non-hydrogen) atoms. The van der Waals surface area contributed by atoms with Crippen molar-refractivity contribution in [2.24, 2.45) is 0 Å². The van der Waals surface area contributed by atoms with Crippen molar-refractivity contribution in [3.05, 3.63) is 46.2 Å². The second-order valence-corrected chi connectivity index (χ2v) is 5.68. The molecule has 0 spiro atoms. The van der Waals surface area contributed by atoms with Gasteiger partial charge in [-0.15, -0.1) is 0 Å². The van der Waals surface area contributed by atoms with E-state index in [-0.39, 0.29) is 0 Å². The van der Waals surface area contributed by atoms with Crippen molar-refractivity contribution in [1.82, 2.24) is 4.98 Å². The lowest BCUT2D eigenvalue weighted by atomic mass is 10.0. The number of aromatic nitrogens is 1. The van der Waals surface area contributed by atoms with Gasteiger partial charge in [-0.3, -0.25) is 4.98 Å². The zero-order valence-electron chi connectivity index (χ0n) is 11.3. The summed E-state index contributed by atoms with van der Waals surface area (Å²) in [7, 11) is 0. The summed E-state index contributed by atoms with van der Waals surface area (Å²) in [6, 6.07) is 5.36. The molecule has 1 aliphatic heterocycles. The fraction of sp³-hybridized carbons (Fsp3) is 0.267. The minimum atomic E-state index is -0.691. The number of hydrogen-bond acceptors (Lipinski definition) is 5. The van der Waals surface area contributed by atoms with E-state index in [1.54, 1.807) is 24.5 Å². The first kappa shape index (κ1) is 14.2. The van der Waals surface area contributed by atoms with Gasteiger partial charge in [-0.1, -0.05) is 0 Å². The van der Waals surface area contributed by atoms with Crippen molar-refractivity contribution >= 4 is 21.6 Å². The molecular weight excluding hydrogens is 336 g/mol. The standard InChI is InChI=1S/C15H15BrN2O3/c16-11-5-9(7-14-15(11)21-4-3-20-14)13(19)6-10-8-18-2-1-12(10)17/h1-2,5,7-8,13,19H,3-4,6H2,(H2,17,18). The average molecular weight is 351 g/mol. The minimum Gasteiger partial charge on any atom is -0.486 e. The summed E-state index contributed by atoms with van der Waals surface area (Å²) in [4.78, 5) is 4.03. The second kappa shape index (κ2) is 5.91. The molecule has 1 aromatic heterocycles. The number of ether oxygens (including phenoxy) is 2. The van der Waals surface area contributed by atoms with Crippen molar-refractivity contribution in [2.75, 3.05) is 18.9 Å². The molecule has 2 aromatic rings. The van der Waals surface area contributed by atoms with Gasteiger partial charge in [0.1, 0.15) is 13.2 Å². The normalized spacial score (nSPS) is 14.8. The monoisotopic (exact) mass is 350 g/mol. The van der Waals surface area contributed by atoms with Crippen LogP contribution in [0.2, 0.25) is 0 Å². The number of benzene rings is 1. The third-order valence-electron chi connectivity index (χ3n) is 3.36. The van der Waals surface area contributed by atoms with Crippen LogP contribution >= 0.6 is 15.9 Å². The van der Waals surface area contributed by atoms with Gasteiger partial charge in [0.15, 0.2) is 11.5 Å². The third-order valence-corrected chi connectivity index (χ3v) is 3.95. The van der Waals surface area contributed by atoms with Crippen LogP contribution in [-0.2, 0) is 6.42 Å². The predicted molar refractivity (Wildman–Crippen MR) is 82.4 cm³/mol. The molecule has 1 aliphatic rings. The van der Waals surface area contributed by atoms with Crippen LogP contribution in [0.15, 0.2) is 35.1 Å². The van der Waals surface area contributed by atoms with E-state index in [2.05, 4.69) is 20.9 Å². The topological polar surface area (TPSA) is 77.6 Å². The van der Waals surface area contributed by atoms with Crippen LogP contribution in [0.5, 0.6) is 11.5 Å². The molecule has 0 aliphatic carbocycles. The maximum absolute atomic E-state index is 10.4. The van der Waals surface area contributed by atoms with Crippen molar-refractivity contribution in [2.45, 2.75) is 12.5 Å². The number of anilines is 1. The Morgan fingerprint density at radius 1 is 1.33 bits per heavy atom. The van der Waals surface area contributed by atoms with Gasteiger partial charge in [0.25, 0.3) is 0 Å².